The minimum Gasteiger partial charge on any atom is -0.494 e. The van der Waals surface area contributed by atoms with Gasteiger partial charge in [-0.3, -0.25) is 0 Å². The lowest BCUT2D eigenvalue weighted by molar-refractivity contribution is 0.0511. The van der Waals surface area contributed by atoms with Crippen LogP contribution in [0.3, 0.4) is 0 Å². The van der Waals surface area contributed by atoms with Crippen LogP contribution in [0.4, 0.5) is 5.69 Å². The van der Waals surface area contributed by atoms with Crippen molar-refractivity contribution in [1.29, 1.82) is 0 Å². The van der Waals surface area contributed by atoms with Crippen LogP contribution >= 0.6 is 0 Å². The van der Waals surface area contributed by atoms with Gasteiger partial charge in [-0.1, -0.05) is 30.3 Å². The summed E-state index contributed by atoms with van der Waals surface area (Å²) >= 11 is 0. The number of hydrogen-bond donors (Lipinski definition) is 1. The molecule has 106 valence electrons. The van der Waals surface area contributed by atoms with Crippen molar-refractivity contribution >= 4 is 5.69 Å². The van der Waals surface area contributed by atoms with E-state index in [2.05, 4.69) is 12.1 Å². The fraction of sp³-hybridized carbons (Fsp3) is 0.294. The van der Waals surface area contributed by atoms with E-state index in [4.69, 9.17) is 15.2 Å². The summed E-state index contributed by atoms with van der Waals surface area (Å²) in [6, 6.07) is 15.8. The Morgan fingerprint density at radius 2 is 1.85 bits per heavy atom. The van der Waals surface area contributed by atoms with E-state index in [1.54, 1.807) is 0 Å². The molecule has 0 amide bonds. The Morgan fingerprint density at radius 3 is 2.55 bits per heavy atom. The normalized spacial score (nSPS) is 12.1. The highest BCUT2D eigenvalue weighted by atomic mass is 16.5. The smallest absolute Gasteiger partial charge is 0.124 e. The third-order valence-electron chi connectivity index (χ3n) is 3.14. The van der Waals surface area contributed by atoms with E-state index in [-0.39, 0.29) is 6.10 Å². The number of nitrogens with two attached hydrogens (primary N) is 1. The van der Waals surface area contributed by atoms with E-state index in [1.165, 1.54) is 0 Å². The van der Waals surface area contributed by atoms with Gasteiger partial charge in [0.05, 0.1) is 19.3 Å². The van der Waals surface area contributed by atoms with Crippen molar-refractivity contribution in [3.05, 3.63) is 59.7 Å². The van der Waals surface area contributed by atoms with E-state index in [0.29, 0.717) is 13.2 Å². The third kappa shape index (κ3) is 3.75. The number of nitrogen functional groups attached to an aromatic ring is 1. The largest absolute Gasteiger partial charge is 0.494 e. The molecule has 0 aliphatic carbocycles. The molecule has 20 heavy (non-hydrogen) atoms. The molecule has 0 saturated carbocycles. The number of hydrogen-bond acceptors (Lipinski definition) is 3. The van der Waals surface area contributed by atoms with Crippen molar-refractivity contribution in [1.82, 2.24) is 0 Å². The maximum Gasteiger partial charge on any atom is 0.124 e. The van der Waals surface area contributed by atoms with Gasteiger partial charge in [0.25, 0.3) is 0 Å². The first-order valence-electron chi connectivity index (χ1n) is 6.88. The van der Waals surface area contributed by atoms with Crippen LogP contribution in [-0.2, 0) is 11.3 Å². The predicted molar refractivity (Wildman–Crippen MR) is 81.7 cm³/mol. The van der Waals surface area contributed by atoms with Gasteiger partial charge in [-0.15, -0.1) is 0 Å². The summed E-state index contributed by atoms with van der Waals surface area (Å²) < 4.78 is 11.5. The molecule has 0 heterocycles. The second-order valence-electron chi connectivity index (χ2n) is 4.66. The van der Waals surface area contributed by atoms with E-state index in [0.717, 1.165) is 22.6 Å². The van der Waals surface area contributed by atoms with Crippen molar-refractivity contribution in [2.45, 2.75) is 26.6 Å². The quantitative estimate of drug-likeness (QED) is 0.809. The average Bonchev–Trinajstić information content (AvgIpc) is 2.48. The van der Waals surface area contributed by atoms with Crippen LogP contribution in [0.25, 0.3) is 0 Å². The van der Waals surface area contributed by atoms with E-state index in [1.807, 2.05) is 50.2 Å². The van der Waals surface area contributed by atoms with Gasteiger partial charge < -0.3 is 15.2 Å². The lowest BCUT2D eigenvalue weighted by atomic mass is 10.1. The molecule has 0 aliphatic heterocycles. The van der Waals surface area contributed by atoms with Crippen LogP contribution in [0.15, 0.2) is 48.5 Å². The Labute approximate surface area is 120 Å². The highest BCUT2D eigenvalue weighted by Gasteiger charge is 2.09. The lowest BCUT2D eigenvalue weighted by Gasteiger charge is -2.16. The molecule has 2 aromatic carbocycles. The molecule has 2 N–H and O–H groups in total. The molecule has 0 spiro atoms. The fourth-order valence-electron chi connectivity index (χ4n) is 2.04. The maximum absolute atomic E-state index is 5.92. The SMILES string of the molecule is CCOc1ccc(N)cc1COC(C)c1ccccc1. The summed E-state index contributed by atoms with van der Waals surface area (Å²) in [6.45, 7) is 5.12. The Hall–Kier alpha value is -2.00. The molecule has 2 rings (SSSR count). The Kier molecular flexibility index (Phi) is 5.02. The molecule has 0 saturated heterocycles. The van der Waals surface area contributed by atoms with E-state index < -0.39 is 0 Å². The van der Waals surface area contributed by atoms with Gasteiger partial charge in [-0.25, -0.2) is 0 Å². The highest BCUT2D eigenvalue weighted by molar-refractivity contribution is 5.47. The standard InChI is InChI=1S/C17H21NO2/c1-3-19-17-10-9-16(18)11-15(17)12-20-13(2)14-7-5-4-6-8-14/h4-11,13H,3,12,18H2,1-2H3. The topological polar surface area (TPSA) is 44.5 Å². The second kappa shape index (κ2) is 6.96. The minimum atomic E-state index is 0.0344. The van der Waals surface area contributed by atoms with Gasteiger partial charge >= 0.3 is 0 Å². The average molecular weight is 271 g/mol. The first-order valence-corrected chi connectivity index (χ1v) is 6.88. The minimum absolute atomic E-state index is 0.0344. The van der Waals surface area contributed by atoms with Crippen LogP contribution in [0.1, 0.15) is 31.1 Å². The Bertz CT molecular complexity index is 540. The monoisotopic (exact) mass is 271 g/mol. The first-order chi connectivity index (χ1) is 9.70. The van der Waals surface area contributed by atoms with Crippen LogP contribution in [-0.4, -0.2) is 6.61 Å². The predicted octanol–water partition coefficient (Wildman–Crippen LogP) is 3.95. The molecule has 0 bridgehead atoms. The van der Waals surface area contributed by atoms with Crippen molar-refractivity contribution in [2.75, 3.05) is 12.3 Å². The number of ether oxygens (including phenoxy) is 2. The molecule has 0 fully saturated rings. The molecular weight excluding hydrogens is 250 g/mol. The zero-order chi connectivity index (χ0) is 14.4. The maximum atomic E-state index is 5.92. The fourth-order valence-corrected chi connectivity index (χ4v) is 2.04. The summed E-state index contributed by atoms with van der Waals surface area (Å²) in [6.07, 6.45) is 0.0344. The molecule has 3 heteroatoms. The Morgan fingerprint density at radius 1 is 1.10 bits per heavy atom. The molecule has 0 aromatic heterocycles. The molecule has 0 aliphatic rings. The van der Waals surface area contributed by atoms with E-state index >= 15 is 0 Å². The highest BCUT2D eigenvalue weighted by Crippen LogP contribution is 2.25. The molecule has 1 unspecified atom stereocenters. The third-order valence-corrected chi connectivity index (χ3v) is 3.14. The zero-order valence-corrected chi connectivity index (χ0v) is 12.0. The lowest BCUT2D eigenvalue weighted by Crippen LogP contribution is -2.03. The number of benzene rings is 2. The van der Waals surface area contributed by atoms with Gasteiger partial charge in [0.2, 0.25) is 0 Å². The van der Waals surface area contributed by atoms with Crippen molar-refractivity contribution < 1.29 is 9.47 Å². The zero-order valence-electron chi connectivity index (χ0n) is 12.0. The molecular formula is C17H21NO2. The summed E-state index contributed by atoms with van der Waals surface area (Å²) in [5.41, 5.74) is 8.69. The summed E-state index contributed by atoms with van der Waals surface area (Å²) in [5, 5.41) is 0. The van der Waals surface area contributed by atoms with Gasteiger partial charge in [0.15, 0.2) is 0 Å². The van der Waals surface area contributed by atoms with Gasteiger partial charge in [-0.05, 0) is 37.6 Å². The van der Waals surface area contributed by atoms with Gasteiger partial charge in [0.1, 0.15) is 5.75 Å². The van der Waals surface area contributed by atoms with Gasteiger partial charge in [-0.2, -0.15) is 0 Å². The number of anilines is 1. The molecule has 1 atom stereocenters. The molecule has 2 aromatic rings. The summed E-state index contributed by atoms with van der Waals surface area (Å²) in [5.74, 6) is 0.835. The van der Waals surface area contributed by atoms with Crippen molar-refractivity contribution in [3.8, 4) is 5.75 Å². The number of rotatable bonds is 6. The van der Waals surface area contributed by atoms with Crippen LogP contribution in [0.2, 0.25) is 0 Å². The second-order valence-corrected chi connectivity index (χ2v) is 4.66. The van der Waals surface area contributed by atoms with Crippen LogP contribution in [0, 0.1) is 0 Å². The Balaban J connectivity index is 2.05. The first kappa shape index (κ1) is 14.4. The van der Waals surface area contributed by atoms with Crippen molar-refractivity contribution in [3.63, 3.8) is 0 Å². The molecule has 3 nitrogen and oxygen atoms in total. The summed E-state index contributed by atoms with van der Waals surface area (Å²) in [4.78, 5) is 0. The van der Waals surface area contributed by atoms with Crippen LogP contribution < -0.4 is 10.5 Å². The molecule has 0 radical (unpaired) electrons. The van der Waals surface area contributed by atoms with E-state index in [9.17, 15) is 0 Å². The van der Waals surface area contributed by atoms with Crippen LogP contribution in [0.5, 0.6) is 5.75 Å². The summed E-state index contributed by atoms with van der Waals surface area (Å²) in [7, 11) is 0. The van der Waals surface area contributed by atoms with Crippen molar-refractivity contribution in [2.24, 2.45) is 0 Å². The van der Waals surface area contributed by atoms with Gasteiger partial charge in [0, 0.05) is 11.3 Å².